The first-order chi connectivity index (χ1) is 8.70. The standard InChI is InChI=1S/C13H12Cl2N2O/c14-10-1-2-12(11(15)7-10)18-13(8-16)9-3-5-17-6-4-9/h1-7,13H,8,16H2. The van der Waals surface area contributed by atoms with Crippen molar-refractivity contribution in [2.24, 2.45) is 5.73 Å². The smallest absolute Gasteiger partial charge is 0.139 e. The van der Waals surface area contributed by atoms with Gasteiger partial charge >= 0.3 is 0 Å². The van der Waals surface area contributed by atoms with Crippen LogP contribution < -0.4 is 10.5 Å². The zero-order valence-electron chi connectivity index (χ0n) is 9.51. The summed E-state index contributed by atoms with van der Waals surface area (Å²) in [5.74, 6) is 0.563. The maximum atomic E-state index is 6.06. The van der Waals surface area contributed by atoms with Crippen LogP contribution in [0.15, 0.2) is 42.7 Å². The normalized spacial score (nSPS) is 12.2. The molecule has 0 fully saturated rings. The molecule has 2 rings (SSSR count). The third-order valence-corrected chi connectivity index (χ3v) is 2.99. The molecule has 1 atom stereocenters. The van der Waals surface area contributed by atoms with Gasteiger partial charge in [0.25, 0.3) is 0 Å². The van der Waals surface area contributed by atoms with Crippen LogP contribution in [-0.2, 0) is 0 Å². The highest BCUT2D eigenvalue weighted by Crippen LogP contribution is 2.30. The lowest BCUT2D eigenvalue weighted by atomic mass is 10.1. The average Bonchev–Trinajstić information content (AvgIpc) is 2.39. The lowest BCUT2D eigenvalue weighted by Gasteiger charge is -2.18. The Hall–Kier alpha value is -1.29. The maximum Gasteiger partial charge on any atom is 0.139 e. The molecule has 0 saturated heterocycles. The Morgan fingerprint density at radius 1 is 1.17 bits per heavy atom. The number of hydrogen-bond acceptors (Lipinski definition) is 3. The van der Waals surface area contributed by atoms with Crippen LogP contribution >= 0.6 is 23.2 Å². The topological polar surface area (TPSA) is 48.1 Å². The summed E-state index contributed by atoms with van der Waals surface area (Å²) in [5, 5.41) is 1.04. The van der Waals surface area contributed by atoms with E-state index in [-0.39, 0.29) is 6.10 Å². The van der Waals surface area contributed by atoms with Gasteiger partial charge in [0.15, 0.2) is 0 Å². The molecule has 94 valence electrons. The molecule has 0 aliphatic heterocycles. The van der Waals surface area contributed by atoms with Crippen molar-refractivity contribution >= 4 is 23.2 Å². The first-order valence-corrected chi connectivity index (χ1v) is 6.18. The molecule has 3 nitrogen and oxygen atoms in total. The Bertz CT molecular complexity index is 520. The molecular weight excluding hydrogens is 271 g/mol. The third-order valence-electron chi connectivity index (χ3n) is 2.46. The van der Waals surface area contributed by atoms with Gasteiger partial charge in [0.05, 0.1) is 5.02 Å². The van der Waals surface area contributed by atoms with Crippen molar-refractivity contribution in [2.45, 2.75) is 6.10 Å². The predicted octanol–water partition coefficient (Wildman–Crippen LogP) is 3.47. The molecule has 1 heterocycles. The number of ether oxygens (including phenoxy) is 1. The summed E-state index contributed by atoms with van der Waals surface area (Å²) in [6, 6.07) is 8.82. The lowest BCUT2D eigenvalue weighted by molar-refractivity contribution is 0.214. The quantitative estimate of drug-likeness (QED) is 0.934. The van der Waals surface area contributed by atoms with Crippen LogP contribution in [0.25, 0.3) is 0 Å². The van der Waals surface area contributed by atoms with Crippen molar-refractivity contribution in [3.8, 4) is 5.75 Å². The number of halogens is 2. The monoisotopic (exact) mass is 282 g/mol. The summed E-state index contributed by atoms with van der Waals surface area (Å²) in [5.41, 5.74) is 6.68. The van der Waals surface area contributed by atoms with E-state index in [4.69, 9.17) is 33.7 Å². The summed E-state index contributed by atoms with van der Waals surface area (Å²) in [4.78, 5) is 3.96. The second kappa shape index (κ2) is 6.05. The first kappa shape index (κ1) is 13.1. The Morgan fingerprint density at radius 2 is 1.89 bits per heavy atom. The fourth-order valence-electron chi connectivity index (χ4n) is 1.55. The molecule has 1 aromatic heterocycles. The van der Waals surface area contributed by atoms with E-state index in [0.29, 0.717) is 22.3 Å². The van der Waals surface area contributed by atoms with Crippen LogP contribution in [0.4, 0.5) is 0 Å². The average molecular weight is 283 g/mol. The number of benzene rings is 1. The largest absolute Gasteiger partial charge is 0.483 e. The Labute approximate surface area is 115 Å². The van der Waals surface area contributed by atoms with Gasteiger partial charge < -0.3 is 10.5 Å². The van der Waals surface area contributed by atoms with Crippen LogP contribution in [-0.4, -0.2) is 11.5 Å². The molecule has 0 spiro atoms. The van der Waals surface area contributed by atoms with Crippen LogP contribution in [0.5, 0.6) is 5.75 Å². The zero-order valence-corrected chi connectivity index (χ0v) is 11.0. The molecule has 1 unspecified atom stereocenters. The van der Waals surface area contributed by atoms with Gasteiger partial charge in [-0.3, -0.25) is 4.98 Å². The molecule has 0 bridgehead atoms. The van der Waals surface area contributed by atoms with E-state index >= 15 is 0 Å². The van der Waals surface area contributed by atoms with E-state index in [9.17, 15) is 0 Å². The van der Waals surface area contributed by atoms with E-state index in [1.807, 2.05) is 12.1 Å². The molecule has 0 amide bonds. The maximum absolute atomic E-state index is 6.06. The van der Waals surface area contributed by atoms with E-state index in [1.54, 1.807) is 30.6 Å². The highest BCUT2D eigenvalue weighted by atomic mass is 35.5. The zero-order chi connectivity index (χ0) is 13.0. The van der Waals surface area contributed by atoms with Gasteiger partial charge in [-0.15, -0.1) is 0 Å². The van der Waals surface area contributed by atoms with E-state index in [1.165, 1.54) is 0 Å². The van der Waals surface area contributed by atoms with Crippen molar-refractivity contribution in [1.82, 2.24) is 4.98 Å². The van der Waals surface area contributed by atoms with Crippen LogP contribution in [0.2, 0.25) is 10.0 Å². The summed E-state index contributed by atoms with van der Waals surface area (Å²) in [6.07, 6.45) is 3.14. The number of aromatic nitrogens is 1. The van der Waals surface area contributed by atoms with Crippen molar-refractivity contribution in [1.29, 1.82) is 0 Å². The molecule has 2 N–H and O–H groups in total. The Kier molecular flexibility index (Phi) is 4.42. The van der Waals surface area contributed by atoms with Gasteiger partial charge in [-0.2, -0.15) is 0 Å². The second-order valence-electron chi connectivity index (χ2n) is 3.70. The van der Waals surface area contributed by atoms with Crippen molar-refractivity contribution in [2.75, 3.05) is 6.54 Å². The van der Waals surface area contributed by atoms with Crippen LogP contribution in [0.3, 0.4) is 0 Å². The molecule has 0 saturated carbocycles. The van der Waals surface area contributed by atoms with Gasteiger partial charge in [-0.25, -0.2) is 0 Å². The minimum atomic E-state index is -0.258. The summed E-state index contributed by atoms with van der Waals surface area (Å²) < 4.78 is 5.79. The molecule has 2 aromatic rings. The fraction of sp³-hybridized carbons (Fsp3) is 0.154. The molecule has 0 radical (unpaired) electrons. The first-order valence-electron chi connectivity index (χ1n) is 5.42. The summed E-state index contributed by atoms with van der Waals surface area (Å²) in [6.45, 7) is 0.350. The van der Waals surface area contributed by atoms with Crippen LogP contribution in [0.1, 0.15) is 11.7 Å². The third kappa shape index (κ3) is 3.13. The second-order valence-corrected chi connectivity index (χ2v) is 4.54. The van der Waals surface area contributed by atoms with Gasteiger partial charge in [0.2, 0.25) is 0 Å². The number of nitrogens with two attached hydrogens (primary N) is 1. The van der Waals surface area contributed by atoms with Crippen LogP contribution in [0, 0.1) is 0 Å². The van der Waals surface area contributed by atoms with Gasteiger partial charge in [-0.1, -0.05) is 23.2 Å². The Balaban J connectivity index is 2.21. The fourth-order valence-corrected chi connectivity index (χ4v) is 2.01. The number of hydrogen-bond donors (Lipinski definition) is 1. The molecule has 1 aromatic carbocycles. The highest BCUT2D eigenvalue weighted by molar-refractivity contribution is 6.35. The van der Waals surface area contributed by atoms with Gasteiger partial charge in [0.1, 0.15) is 11.9 Å². The predicted molar refractivity (Wildman–Crippen MR) is 73.1 cm³/mol. The SMILES string of the molecule is NCC(Oc1ccc(Cl)cc1Cl)c1ccncc1. The summed E-state index contributed by atoms with van der Waals surface area (Å²) in [7, 11) is 0. The van der Waals surface area contributed by atoms with Crippen molar-refractivity contribution in [3.63, 3.8) is 0 Å². The van der Waals surface area contributed by atoms with Crippen molar-refractivity contribution < 1.29 is 4.74 Å². The van der Waals surface area contributed by atoms with E-state index in [2.05, 4.69) is 4.98 Å². The minimum Gasteiger partial charge on any atom is -0.483 e. The molecular formula is C13H12Cl2N2O. The Morgan fingerprint density at radius 3 is 2.50 bits per heavy atom. The summed E-state index contributed by atoms with van der Waals surface area (Å²) >= 11 is 11.9. The lowest BCUT2D eigenvalue weighted by Crippen LogP contribution is -2.18. The molecule has 0 aliphatic rings. The van der Waals surface area contributed by atoms with Gasteiger partial charge in [-0.05, 0) is 35.9 Å². The number of rotatable bonds is 4. The van der Waals surface area contributed by atoms with E-state index in [0.717, 1.165) is 5.56 Å². The number of nitrogens with zero attached hydrogens (tertiary/aromatic N) is 1. The van der Waals surface area contributed by atoms with E-state index < -0.39 is 0 Å². The molecule has 5 heteroatoms. The van der Waals surface area contributed by atoms with Gasteiger partial charge in [0, 0.05) is 24.0 Å². The van der Waals surface area contributed by atoms with Crippen molar-refractivity contribution in [3.05, 3.63) is 58.3 Å². The highest BCUT2D eigenvalue weighted by Gasteiger charge is 2.13. The molecule has 18 heavy (non-hydrogen) atoms. The minimum absolute atomic E-state index is 0.258. The number of pyridine rings is 1. The molecule has 0 aliphatic carbocycles.